The van der Waals surface area contributed by atoms with E-state index in [1.807, 2.05) is 24.3 Å². The highest BCUT2D eigenvalue weighted by molar-refractivity contribution is 5.67. The molecule has 0 bridgehead atoms. The molecular weight excluding hydrogens is 222 g/mol. The Labute approximate surface area is 107 Å². The Morgan fingerprint density at radius 1 is 1.00 bits per heavy atom. The van der Waals surface area contributed by atoms with Crippen LogP contribution in [0.2, 0.25) is 0 Å². The maximum Gasteiger partial charge on any atom is 0.133 e. The Morgan fingerprint density at radius 2 is 1.61 bits per heavy atom. The highest BCUT2D eigenvalue weighted by Gasteiger charge is 2.04. The number of nitriles is 1. The molecule has 0 aliphatic carbocycles. The SMILES string of the molecule is CC(C)c1ccc(-c2ccc(C#N)c(O)c2)cc1. The largest absolute Gasteiger partial charge is 0.507 e. The molecular formula is C16H15NO. The first kappa shape index (κ1) is 12.2. The molecule has 2 aromatic rings. The molecule has 0 aliphatic rings. The first-order valence-corrected chi connectivity index (χ1v) is 5.95. The zero-order valence-electron chi connectivity index (χ0n) is 10.5. The van der Waals surface area contributed by atoms with Gasteiger partial charge in [0.2, 0.25) is 0 Å². The van der Waals surface area contributed by atoms with Crippen molar-refractivity contribution in [1.29, 1.82) is 5.26 Å². The minimum atomic E-state index is 0.0305. The third-order valence-electron chi connectivity index (χ3n) is 3.03. The number of benzene rings is 2. The van der Waals surface area contributed by atoms with E-state index in [0.29, 0.717) is 11.5 Å². The fraction of sp³-hybridized carbons (Fsp3) is 0.188. The molecule has 0 saturated carbocycles. The molecule has 0 amide bonds. The van der Waals surface area contributed by atoms with Crippen molar-refractivity contribution in [3.05, 3.63) is 53.6 Å². The molecule has 1 N–H and O–H groups in total. The lowest BCUT2D eigenvalue weighted by Crippen LogP contribution is -1.87. The average molecular weight is 237 g/mol. The van der Waals surface area contributed by atoms with Crippen LogP contribution in [0.5, 0.6) is 5.75 Å². The second kappa shape index (κ2) is 4.93. The summed E-state index contributed by atoms with van der Waals surface area (Å²) in [5.41, 5.74) is 3.55. The highest BCUT2D eigenvalue weighted by Crippen LogP contribution is 2.27. The van der Waals surface area contributed by atoms with Crippen molar-refractivity contribution in [2.45, 2.75) is 19.8 Å². The number of hydrogen-bond acceptors (Lipinski definition) is 2. The number of phenols is 1. The van der Waals surface area contributed by atoms with Gasteiger partial charge in [0.25, 0.3) is 0 Å². The minimum absolute atomic E-state index is 0.0305. The summed E-state index contributed by atoms with van der Waals surface area (Å²) in [6, 6.07) is 15.3. The monoisotopic (exact) mass is 237 g/mol. The van der Waals surface area contributed by atoms with Gasteiger partial charge in [0.1, 0.15) is 11.8 Å². The molecule has 2 nitrogen and oxygen atoms in total. The quantitative estimate of drug-likeness (QED) is 0.856. The Balaban J connectivity index is 2.37. The van der Waals surface area contributed by atoms with Crippen molar-refractivity contribution < 1.29 is 5.11 Å². The van der Waals surface area contributed by atoms with Crippen LogP contribution in [-0.2, 0) is 0 Å². The third kappa shape index (κ3) is 2.36. The Kier molecular flexibility index (Phi) is 3.34. The molecule has 0 atom stereocenters. The molecule has 2 heteroatoms. The van der Waals surface area contributed by atoms with E-state index in [0.717, 1.165) is 11.1 Å². The Morgan fingerprint density at radius 3 is 2.11 bits per heavy atom. The van der Waals surface area contributed by atoms with Gasteiger partial charge in [-0.3, -0.25) is 0 Å². The van der Waals surface area contributed by atoms with Gasteiger partial charge < -0.3 is 5.11 Å². The Hall–Kier alpha value is -2.27. The van der Waals surface area contributed by atoms with Crippen LogP contribution in [0.1, 0.15) is 30.9 Å². The van der Waals surface area contributed by atoms with Crippen molar-refractivity contribution >= 4 is 0 Å². The summed E-state index contributed by atoms with van der Waals surface area (Å²) in [6.45, 7) is 4.31. The lowest BCUT2D eigenvalue weighted by molar-refractivity contribution is 0.474. The normalized spacial score (nSPS) is 10.3. The van der Waals surface area contributed by atoms with Gasteiger partial charge in [0, 0.05) is 0 Å². The van der Waals surface area contributed by atoms with Gasteiger partial charge in [-0.05, 0) is 34.7 Å². The van der Waals surface area contributed by atoms with E-state index < -0.39 is 0 Å². The molecule has 0 heterocycles. The molecule has 0 aromatic heterocycles. The predicted octanol–water partition coefficient (Wildman–Crippen LogP) is 4.05. The van der Waals surface area contributed by atoms with E-state index in [-0.39, 0.29) is 5.75 Å². The topological polar surface area (TPSA) is 44.0 Å². The first-order chi connectivity index (χ1) is 8.61. The van der Waals surface area contributed by atoms with Gasteiger partial charge in [0.15, 0.2) is 0 Å². The lowest BCUT2D eigenvalue weighted by atomic mass is 9.98. The standard InChI is InChI=1S/C16H15NO/c1-11(2)12-3-5-13(6-4-12)14-7-8-15(10-17)16(18)9-14/h3-9,11,18H,1-2H3. The molecule has 0 saturated heterocycles. The summed E-state index contributed by atoms with van der Waals surface area (Å²) in [4.78, 5) is 0. The molecule has 0 spiro atoms. The molecule has 0 unspecified atom stereocenters. The summed E-state index contributed by atoms with van der Waals surface area (Å²) in [5, 5.41) is 18.4. The third-order valence-corrected chi connectivity index (χ3v) is 3.03. The van der Waals surface area contributed by atoms with Gasteiger partial charge in [-0.25, -0.2) is 0 Å². The molecule has 0 fully saturated rings. The lowest BCUT2D eigenvalue weighted by Gasteiger charge is -2.07. The Bertz CT molecular complexity index is 591. The number of aromatic hydroxyl groups is 1. The van der Waals surface area contributed by atoms with Crippen LogP contribution in [0.4, 0.5) is 0 Å². The van der Waals surface area contributed by atoms with Crippen molar-refractivity contribution in [2.24, 2.45) is 0 Å². The summed E-state index contributed by atoms with van der Waals surface area (Å²) < 4.78 is 0. The van der Waals surface area contributed by atoms with Gasteiger partial charge in [-0.1, -0.05) is 44.2 Å². The summed E-state index contributed by atoms with van der Waals surface area (Å²) in [6.07, 6.45) is 0. The van der Waals surface area contributed by atoms with Crippen LogP contribution < -0.4 is 0 Å². The zero-order chi connectivity index (χ0) is 13.1. The molecule has 18 heavy (non-hydrogen) atoms. The van der Waals surface area contributed by atoms with Crippen molar-refractivity contribution in [2.75, 3.05) is 0 Å². The fourth-order valence-electron chi connectivity index (χ4n) is 1.87. The molecule has 2 rings (SSSR count). The second-order valence-corrected chi connectivity index (χ2v) is 4.62. The van der Waals surface area contributed by atoms with Crippen molar-refractivity contribution in [3.8, 4) is 22.9 Å². The van der Waals surface area contributed by atoms with Gasteiger partial charge in [0.05, 0.1) is 5.56 Å². The molecule has 2 aromatic carbocycles. The van der Waals surface area contributed by atoms with E-state index in [4.69, 9.17) is 5.26 Å². The summed E-state index contributed by atoms with van der Waals surface area (Å²) in [5.74, 6) is 0.538. The van der Waals surface area contributed by atoms with E-state index >= 15 is 0 Å². The number of hydrogen-bond donors (Lipinski definition) is 1. The maximum absolute atomic E-state index is 9.67. The highest BCUT2D eigenvalue weighted by atomic mass is 16.3. The number of nitrogens with zero attached hydrogens (tertiary/aromatic N) is 1. The van der Waals surface area contributed by atoms with Crippen LogP contribution in [0.15, 0.2) is 42.5 Å². The zero-order valence-corrected chi connectivity index (χ0v) is 10.5. The fourth-order valence-corrected chi connectivity index (χ4v) is 1.87. The van der Waals surface area contributed by atoms with E-state index in [1.165, 1.54) is 5.56 Å². The smallest absolute Gasteiger partial charge is 0.133 e. The second-order valence-electron chi connectivity index (χ2n) is 4.62. The van der Waals surface area contributed by atoms with E-state index in [2.05, 4.69) is 26.0 Å². The molecule has 0 radical (unpaired) electrons. The summed E-state index contributed by atoms with van der Waals surface area (Å²) in [7, 11) is 0. The molecule has 0 aliphatic heterocycles. The van der Waals surface area contributed by atoms with Crippen LogP contribution in [-0.4, -0.2) is 5.11 Å². The van der Waals surface area contributed by atoms with E-state index in [9.17, 15) is 5.11 Å². The number of rotatable bonds is 2. The van der Waals surface area contributed by atoms with Gasteiger partial charge in [-0.2, -0.15) is 5.26 Å². The van der Waals surface area contributed by atoms with Crippen molar-refractivity contribution in [3.63, 3.8) is 0 Å². The minimum Gasteiger partial charge on any atom is -0.507 e. The van der Waals surface area contributed by atoms with Gasteiger partial charge >= 0.3 is 0 Å². The van der Waals surface area contributed by atoms with Crippen LogP contribution in [0, 0.1) is 11.3 Å². The van der Waals surface area contributed by atoms with E-state index in [1.54, 1.807) is 12.1 Å². The average Bonchev–Trinajstić information content (AvgIpc) is 2.38. The first-order valence-electron chi connectivity index (χ1n) is 5.95. The van der Waals surface area contributed by atoms with Crippen molar-refractivity contribution in [1.82, 2.24) is 0 Å². The van der Waals surface area contributed by atoms with Crippen LogP contribution >= 0.6 is 0 Å². The maximum atomic E-state index is 9.67. The van der Waals surface area contributed by atoms with Crippen LogP contribution in [0.25, 0.3) is 11.1 Å². The number of phenolic OH excluding ortho intramolecular Hbond substituents is 1. The molecule has 90 valence electrons. The van der Waals surface area contributed by atoms with Gasteiger partial charge in [-0.15, -0.1) is 0 Å². The van der Waals surface area contributed by atoms with Crippen LogP contribution in [0.3, 0.4) is 0 Å². The predicted molar refractivity (Wildman–Crippen MR) is 72.3 cm³/mol. The summed E-state index contributed by atoms with van der Waals surface area (Å²) >= 11 is 0.